The molecule has 0 bridgehead atoms. The molecule has 1 unspecified atom stereocenters. The Hall–Kier alpha value is -3.45. The number of carbonyl (C=O) groups is 2. The SMILES string of the molecule is COc1cccc(C2C(C(=O)c3sc(C)nc3C)=C(O)C(=O)N2c2ccccc2)c1. The second kappa shape index (κ2) is 7.76. The Kier molecular flexibility index (Phi) is 5.13. The molecule has 1 N–H and O–H groups in total. The predicted molar refractivity (Wildman–Crippen MR) is 115 cm³/mol. The number of nitrogens with zero attached hydrogens (tertiary/aromatic N) is 2. The van der Waals surface area contributed by atoms with E-state index in [0.29, 0.717) is 27.6 Å². The number of para-hydroxylation sites is 1. The standard InChI is InChI=1S/C23H20N2O4S/c1-13-22(30-14(2)24-13)20(26)18-19(15-8-7-11-17(12-15)29-3)25(23(28)21(18)27)16-9-5-4-6-10-16/h4-12,19,27H,1-3H3. The number of hydrogen-bond donors (Lipinski definition) is 1. The topological polar surface area (TPSA) is 79.7 Å². The van der Waals surface area contributed by atoms with Crippen molar-refractivity contribution in [1.29, 1.82) is 0 Å². The number of methoxy groups -OCH3 is 1. The van der Waals surface area contributed by atoms with Crippen LogP contribution in [0.5, 0.6) is 5.75 Å². The molecule has 6 nitrogen and oxygen atoms in total. The number of ether oxygens (including phenoxy) is 1. The van der Waals surface area contributed by atoms with Crippen molar-refractivity contribution < 1.29 is 19.4 Å². The zero-order chi connectivity index (χ0) is 21.4. The Morgan fingerprint density at radius 1 is 1.13 bits per heavy atom. The van der Waals surface area contributed by atoms with Crippen LogP contribution in [0.3, 0.4) is 0 Å². The fourth-order valence-electron chi connectivity index (χ4n) is 3.68. The first-order valence-electron chi connectivity index (χ1n) is 9.36. The Labute approximate surface area is 178 Å². The van der Waals surface area contributed by atoms with E-state index in [9.17, 15) is 14.7 Å². The number of aromatic nitrogens is 1. The molecule has 2 heterocycles. The molecule has 0 radical (unpaired) electrons. The van der Waals surface area contributed by atoms with Crippen LogP contribution in [0, 0.1) is 13.8 Å². The van der Waals surface area contributed by atoms with Gasteiger partial charge in [-0.1, -0.05) is 30.3 Å². The van der Waals surface area contributed by atoms with E-state index < -0.39 is 23.5 Å². The second-order valence-corrected chi connectivity index (χ2v) is 8.13. The second-order valence-electron chi connectivity index (χ2n) is 6.93. The normalized spacial score (nSPS) is 16.3. The first kappa shape index (κ1) is 19.8. The molecule has 0 fully saturated rings. The van der Waals surface area contributed by atoms with Crippen LogP contribution >= 0.6 is 11.3 Å². The third-order valence-corrected chi connectivity index (χ3v) is 6.08. The minimum Gasteiger partial charge on any atom is -0.503 e. The third kappa shape index (κ3) is 3.27. The summed E-state index contributed by atoms with van der Waals surface area (Å²) in [7, 11) is 1.55. The van der Waals surface area contributed by atoms with Gasteiger partial charge in [-0.2, -0.15) is 0 Å². The molecule has 4 rings (SSSR count). The first-order chi connectivity index (χ1) is 14.4. The largest absolute Gasteiger partial charge is 0.503 e. The van der Waals surface area contributed by atoms with Gasteiger partial charge in [0.25, 0.3) is 5.91 Å². The number of rotatable bonds is 5. The summed E-state index contributed by atoms with van der Waals surface area (Å²) in [5.74, 6) is -0.954. The van der Waals surface area contributed by atoms with Gasteiger partial charge in [-0.15, -0.1) is 11.3 Å². The lowest BCUT2D eigenvalue weighted by molar-refractivity contribution is -0.117. The Morgan fingerprint density at radius 2 is 1.87 bits per heavy atom. The molecule has 7 heteroatoms. The number of thiazole rings is 1. The van der Waals surface area contributed by atoms with Crippen molar-refractivity contribution in [1.82, 2.24) is 4.98 Å². The van der Waals surface area contributed by atoms with Crippen LogP contribution in [0.2, 0.25) is 0 Å². The maximum absolute atomic E-state index is 13.5. The predicted octanol–water partition coefficient (Wildman–Crippen LogP) is 4.55. The molecule has 1 aliphatic rings. The van der Waals surface area contributed by atoms with Gasteiger partial charge in [0.15, 0.2) is 5.76 Å². The molecule has 0 saturated carbocycles. The summed E-state index contributed by atoms with van der Waals surface area (Å²) in [6.07, 6.45) is 0. The number of benzene rings is 2. The number of aliphatic hydroxyl groups is 1. The van der Waals surface area contributed by atoms with E-state index >= 15 is 0 Å². The summed E-state index contributed by atoms with van der Waals surface area (Å²) < 4.78 is 5.34. The smallest absolute Gasteiger partial charge is 0.294 e. The Bertz CT molecular complexity index is 1170. The van der Waals surface area contributed by atoms with Crippen molar-refractivity contribution in [3.63, 3.8) is 0 Å². The molecule has 0 aliphatic carbocycles. The lowest BCUT2D eigenvalue weighted by Gasteiger charge is -2.27. The van der Waals surface area contributed by atoms with Gasteiger partial charge in [-0.25, -0.2) is 4.98 Å². The third-order valence-electron chi connectivity index (χ3n) is 5.01. The molecule has 30 heavy (non-hydrogen) atoms. The maximum atomic E-state index is 13.5. The molecule has 1 amide bonds. The van der Waals surface area contributed by atoms with Gasteiger partial charge in [0.05, 0.1) is 34.3 Å². The number of hydrogen-bond acceptors (Lipinski definition) is 6. The fourth-order valence-corrected chi connectivity index (χ4v) is 4.56. The quantitative estimate of drug-likeness (QED) is 0.613. The van der Waals surface area contributed by atoms with Gasteiger partial charge in [-0.3, -0.25) is 14.5 Å². The van der Waals surface area contributed by atoms with E-state index in [1.54, 1.807) is 56.5 Å². The number of aliphatic hydroxyl groups excluding tert-OH is 1. The van der Waals surface area contributed by atoms with Gasteiger partial charge < -0.3 is 9.84 Å². The minimum atomic E-state index is -0.788. The monoisotopic (exact) mass is 420 g/mol. The molecule has 2 aromatic carbocycles. The lowest BCUT2D eigenvalue weighted by Crippen LogP contribution is -2.31. The number of anilines is 1. The van der Waals surface area contributed by atoms with Crippen LogP contribution < -0.4 is 9.64 Å². The molecule has 152 valence electrons. The van der Waals surface area contributed by atoms with Crippen LogP contribution in [0.25, 0.3) is 0 Å². The van der Waals surface area contributed by atoms with Crippen molar-refractivity contribution in [2.45, 2.75) is 19.9 Å². The Morgan fingerprint density at radius 3 is 2.50 bits per heavy atom. The van der Waals surface area contributed by atoms with Crippen molar-refractivity contribution >= 4 is 28.7 Å². The van der Waals surface area contributed by atoms with E-state index in [4.69, 9.17) is 4.74 Å². The minimum absolute atomic E-state index is 0.0452. The molecule has 0 saturated heterocycles. The number of ketones is 1. The van der Waals surface area contributed by atoms with Crippen molar-refractivity contribution in [3.8, 4) is 5.75 Å². The van der Waals surface area contributed by atoms with Gasteiger partial charge in [0, 0.05) is 5.69 Å². The Balaban J connectivity index is 1.91. The van der Waals surface area contributed by atoms with Crippen molar-refractivity contribution in [2.75, 3.05) is 12.0 Å². The van der Waals surface area contributed by atoms with Crippen LogP contribution in [0.15, 0.2) is 65.9 Å². The van der Waals surface area contributed by atoms with Gasteiger partial charge in [-0.05, 0) is 43.7 Å². The highest BCUT2D eigenvalue weighted by Crippen LogP contribution is 2.43. The summed E-state index contributed by atoms with van der Waals surface area (Å²) in [6.45, 7) is 3.57. The number of aryl methyl sites for hydroxylation is 2. The fraction of sp³-hybridized carbons (Fsp3) is 0.174. The number of carbonyl (C=O) groups excluding carboxylic acids is 2. The van der Waals surface area contributed by atoms with Crippen LogP contribution in [0.4, 0.5) is 5.69 Å². The first-order valence-corrected chi connectivity index (χ1v) is 10.2. The highest BCUT2D eigenvalue weighted by atomic mass is 32.1. The molecular formula is C23H20N2O4S. The summed E-state index contributed by atoms with van der Waals surface area (Å²) in [5, 5.41) is 11.5. The molecule has 1 aromatic heterocycles. The van der Waals surface area contributed by atoms with Crippen LogP contribution in [-0.2, 0) is 4.79 Å². The van der Waals surface area contributed by atoms with Crippen LogP contribution in [-0.4, -0.2) is 28.9 Å². The van der Waals surface area contributed by atoms with Crippen molar-refractivity contribution in [2.24, 2.45) is 0 Å². The average molecular weight is 420 g/mol. The average Bonchev–Trinajstić information content (AvgIpc) is 3.23. The molecule has 3 aromatic rings. The molecule has 0 spiro atoms. The maximum Gasteiger partial charge on any atom is 0.294 e. The van der Waals surface area contributed by atoms with Gasteiger partial charge >= 0.3 is 0 Å². The molecule has 1 atom stereocenters. The summed E-state index contributed by atoms with van der Waals surface area (Å²) in [5.41, 5.74) is 1.88. The molecule has 1 aliphatic heterocycles. The number of amides is 1. The van der Waals surface area contributed by atoms with Crippen LogP contribution in [0.1, 0.15) is 32.0 Å². The van der Waals surface area contributed by atoms with E-state index in [1.807, 2.05) is 19.1 Å². The van der Waals surface area contributed by atoms with Crippen molar-refractivity contribution in [3.05, 3.63) is 87.1 Å². The van der Waals surface area contributed by atoms with E-state index in [-0.39, 0.29) is 5.57 Å². The lowest BCUT2D eigenvalue weighted by atomic mass is 9.94. The van der Waals surface area contributed by atoms with E-state index in [2.05, 4.69) is 4.98 Å². The summed E-state index contributed by atoms with van der Waals surface area (Å²) in [6, 6.07) is 15.4. The summed E-state index contributed by atoms with van der Waals surface area (Å²) in [4.78, 5) is 32.8. The number of Topliss-reactive ketones (excluding diaryl/α,β-unsaturated/α-hetero) is 1. The highest BCUT2D eigenvalue weighted by molar-refractivity contribution is 7.14. The highest BCUT2D eigenvalue weighted by Gasteiger charge is 2.45. The van der Waals surface area contributed by atoms with E-state index in [1.165, 1.54) is 16.2 Å². The zero-order valence-corrected chi connectivity index (χ0v) is 17.6. The van der Waals surface area contributed by atoms with Gasteiger partial charge in [0.2, 0.25) is 5.78 Å². The van der Waals surface area contributed by atoms with E-state index in [0.717, 1.165) is 5.01 Å². The zero-order valence-electron chi connectivity index (χ0n) is 16.7. The summed E-state index contributed by atoms with van der Waals surface area (Å²) >= 11 is 1.25. The van der Waals surface area contributed by atoms with Gasteiger partial charge in [0.1, 0.15) is 5.75 Å². The molecular weight excluding hydrogens is 400 g/mol.